The van der Waals surface area contributed by atoms with Crippen LogP contribution >= 0.6 is 33.9 Å². The summed E-state index contributed by atoms with van der Waals surface area (Å²) in [5, 5.41) is 7.37. The van der Waals surface area contributed by atoms with Gasteiger partial charge in [0.15, 0.2) is 5.82 Å². The third-order valence-corrected chi connectivity index (χ3v) is 4.12. The minimum Gasteiger partial charge on any atom is -0.369 e. The second-order valence-electron chi connectivity index (χ2n) is 3.34. The summed E-state index contributed by atoms with van der Waals surface area (Å²) in [6, 6.07) is 2.04. The van der Waals surface area contributed by atoms with Gasteiger partial charge in [0.1, 0.15) is 5.82 Å². The Kier molecular flexibility index (Phi) is 3.75. The molecule has 16 heavy (non-hydrogen) atoms. The van der Waals surface area contributed by atoms with Crippen LogP contribution in [0.3, 0.4) is 0 Å². The minimum atomic E-state index is 0.801. The number of rotatable bonds is 3. The van der Waals surface area contributed by atoms with Crippen molar-refractivity contribution in [3.8, 4) is 11.4 Å². The van der Waals surface area contributed by atoms with Crippen molar-refractivity contribution in [3.05, 3.63) is 26.1 Å². The number of thiophene rings is 1. The highest BCUT2D eigenvalue weighted by Gasteiger charge is 2.10. The summed E-state index contributed by atoms with van der Waals surface area (Å²) >= 11 is 3.94. The molecule has 0 aliphatic heterocycles. The molecule has 3 nitrogen and oxygen atoms in total. The standard InChI is InChI=1S/C11H12IN3S/c1-3-13-11-9(12)7(2)14-10(15-11)8-4-5-16-6-8/h4-6H,3H2,1-2H3,(H,13,14,15). The van der Waals surface area contributed by atoms with Gasteiger partial charge in [-0.1, -0.05) is 0 Å². The molecule has 0 amide bonds. The smallest absolute Gasteiger partial charge is 0.162 e. The zero-order chi connectivity index (χ0) is 11.5. The van der Waals surface area contributed by atoms with Crippen LogP contribution in [0.4, 0.5) is 5.82 Å². The summed E-state index contributed by atoms with van der Waals surface area (Å²) in [6.07, 6.45) is 0. The van der Waals surface area contributed by atoms with Gasteiger partial charge < -0.3 is 5.32 Å². The van der Waals surface area contributed by atoms with Crippen LogP contribution in [-0.2, 0) is 0 Å². The summed E-state index contributed by atoms with van der Waals surface area (Å²) in [4.78, 5) is 9.05. The third-order valence-electron chi connectivity index (χ3n) is 2.14. The number of anilines is 1. The number of hydrogen-bond acceptors (Lipinski definition) is 4. The van der Waals surface area contributed by atoms with E-state index in [-0.39, 0.29) is 0 Å². The van der Waals surface area contributed by atoms with Gasteiger partial charge in [0.05, 0.1) is 9.26 Å². The molecule has 0 atom stereocenters. The van der Waals surface area contributed by atoms with Crippen LogP contribution in [0.25, 0.3) is 11.4 Å². The molecular formula is C11H12IN3S. The molecule has 2 rings (SSSR count). The van der Waals surface area contributed by atoms with E-state index in [0.29, 0.717) is 0 Å². The second kappa shape index (κ2) is 5.09. The molecule has 0 unspecified atom stereocenters. The van der Waals surface area contributed by atoms with Crippen LogP contribution in [0.2, 0.25) is 0 Å². The van der Waals surface area contributed by atoms with Crippen LogP contribution in [0.15, 0.2) is 16.8 Å². The zero-order valence-corrected chi connectivity index (χ0v) is 12.1. The van der Waals surface area contributed by atoms with E-state index in [9.17, 15) is 0 Å². The predicted molar refractivity (Wildman–Crippen MR) is 77.0 cm³/mol. The van der Waals surface area contributed by atoms with Crippen molar-refractivity contribution in [1.82, 2.24) is 9.97 Å². The Labute approximate surface area is 112 Å². The average Bonchev–Trinajstić information content (AvgIpc) is 2.78. The molecule has 0 saturated carbocycles. The van der Waals surface area contributed by atoms with Crippen molar-refractivity contribution in [1.29, 1.82) is 0 Å². The quantitative estimate of drug-likeness (QED) is 0.865. The van der Waals surface area contributed by atoms with Crippen LogP contribution in [0, 0.1) is 10.5 Å². The highest BCUT2D eigenvalue weighted by Crippen LogP contribution is 2.24. The fourth-order valence-electron chi connectivity index (χ4n) is 1.36. The Balaban J connectivity index is 2.48. The molecule has 0 aromatic carbocycles. The van der Waals surface area contributed by atoms with E-state index in [0.717, 1.165) is 33.0 Å². The van der Waals surface area contributed by atoms with E-state index in [1.165, 1.54) is 0 Å². The number of aromatic nitrogens is 2. The van der Waals surface area contributed by atoms with Gasteiger partial charge in [-0.25, -0.2) is 9.97 Å². The van der Waals surface area contributed by atoms with E-state index >= 15 is 0 Å². The normalized spacial score (nSPS) is 10.4. The van der Waals surface area contributed by atoms with Crippen molar-refractivity contribution >= 4 is 39.7 Å². The van der Waals surface area contributed by atoms with Crippen LogP contribution in [-0.4, -0.2) is 16.5 Å². The monoisotopic (exact) mass is 345 g/mol. The first-order chi connectivity index (χ1) is 7.72. The summed E-state index contributed by atoms with van der Waals surface area (Å²) in [7, 11) is 0. The van der Waals surface area contributed by atoms with E-state index in [1.54, 1.807) is 11.3 Å². The first kappa shape index (κ1) is 11.8. The Morgan fingerprint density at radius 3 is 2.88 bits per heavy atom. The third kappa shape index (κ3) is 2.35. The van der Waals surface area contributed by atoms with Crippen molar-refractivity contribution in [2.24, 2.45) is 0 Å². The average molecular weight is 345 g/mol. The maximum Gasteiger partial charge on any atom is 0.162 e. The first-order valence-electron chi connectivity index (χ1n) is 5.03. The van der Waals surface area contributed by atoms with E-state index in [2.05, 4.69) is 50.2 Å². The molecule has 1 N–H and O–H groups in total. The molecule has 0 bridgehead atoms. The molecule has 84 valence electrons. The van der Waals surface area contributed by atoms with E-state index < -0.39 is 0 Å². The van der Waals surface area contributed by atoms with E-state index in [1.807, 2.05) is 18.4 Å². The Hall–Kier alpha value is -0.690. The fourth-order valence-corrected chi connectivity index (χ4v) is 2.43. The van der Waals surface area contributed by atoms with Gasteiger partial charge in [0, 0.05) is 17.5 Å². The lowest BCUT2D eigenvalue weighted by Gasteiger charge is -2.09. The SMILES string of the molecule is CCNc1nc(-c2ccsc2)nc(C)c1I. The second-order valence-corrected chi connectivity index (χ2v) is 5.20. The Morgan fingerprint density at radius 1 is 1.44 bits per heavy atom. The fraction of sp³-hybridized carbons (Fsp3) is 0.273. The molecule has 0 saturated heterocycles. The molecule has 2 aromatic heterocycles. The highest BCUT2D eigenvalue weighted by molar-refractivity contribution is 14.1. The van der Waals surface area contributed by atoms with Crippen molar-refractivity contribution in [3.63, 3.8) is 0 Å². The number of nitrogens with zero attached hydrogens (tertiary/aromatic N) is 2. The summed E-state index contributed by atoms with van der Waals surface area (Å²) < 4.78 is 1.10. The minimum absolute atomic E-state index is 0.801. The van der Waals surface area contributed by atoms with Gasteiger partial charge >= 0.3 is 0 Å². The lowest BCUT2D eigenvalue weighted by atomic mass is 10.3. The summed E-state index contributed by atoms with van der Waals surface area (Å²) in [5.41, 5.74) is 2.11. The number of aryl methyl sites for hydroxylation is 1. The molecule has 2 heterocycles. The van der Waals surface area contributed by atoms with Gasteiger partial charge in [-0.2, -0.15) is 11.3 Å². The lowest BCUT2D eigenvalue weighted by Crippen LogP contribution is -2.05. The molecule has 0 fully saturated rings. The molecule has 0 aliphatic carbocycles. The van der Waals surface area contributed by atoms with Gasteiger partial charge in [-0.3, -0.25) is 0 Å². The largest absolute Gasteiger partial charge is 0.369 e. The molecule has 5 heteroatoms. The number of halogens is 1. The van der Waals surface area contributed by atoms with Gasteiger partial charge in [0.25, 0.3) is 0 Å². The van der Waals surface area contributed by atoms with Gasteiger partial charge in [-0.15, -0.1) is 0 Å². The summed E-state index contributed by atoms with van der Waals surface area (Å²) in [5.74, 6) is 1.73. The molecular weight excluding hydrogens is 333 g/mol. The van der Waals surface area contributed by atoms with Crippen molar-refractivity contribution < 1.29 is 0 Å². The number of nitrogens with one attached hydrogen (secondary N) is 1. The Bertz CT molecular complexity index is 482. The van der Waals surface area contributed by atoms with Gasteiger partial charge in [0.2, 0.25) is 0 Å². The first-order valence-corrected chi connectivity index (χ1v) is 7.05. The van der Waals surface area contributed by atoms with Gasteiger partial charge in [-0.05, 0) is 47.9 Å². The molecule has 0 radical (unpaired) electrons. The zero-order valence-electron chi connectivity index (χ0n) is 9.12. The summed E-state index contributed by atoms with van der Waals surface area (Å²) in [6.45, 7) is 4.95. The van der Waals surface area contributed by atoms with E-state index in [4.69, 9.17) is 0 Å². The van der Waals surface area contributed by atoms with Crippen LogP contribution in [0.5, 0.6) is 0 Å². The highest BCUT2D eigenvalue weighted by atomic mass is 127. The van der Waals surface area contributed by atoms with Crippen LogP contribution < -0.4 is 5.32 Å². The topological polar surface area (TPSA) is 37.8 Å². The Morgan fingerprint density at radius 2 is 2.25 bits per heavy atom. The maximum absolute atomic E-state index is 4.54. The molecule has 0 spiro atoms. The maximum atomic E-state index is 4.54. The lowest BCUT2D eigenvalue weighted by molar-refractivity contribution is 1.06. The predicted octanol–water partition coefficient (Wildman–Crippen LogP) is 3.55. The van der Waals surface area contributed by atoms with Crippen molar-refractivity contribution in [2.45, 2.75) is 13.8 Å². The van der Waals surface area contributed by atoms with Crippen LogP contribution in [0.1, 0.15) is 12.6 Å². The number of hydrogen-bond donors (Lipinski definition) is 1. The molecule has 0 aliphatic rings. The van der Waals surface area contributed by atoms with Crippen molar-refractivity contribution in [2.75, 3.05) is 11.9 Å². The molecule has 2 aromatic rings.